The number of amides is 1. The van der Waals surface area contributed by atoms with Crippen LogP contribution in [0.3, 0.4) is 0 Å². The average molecular weight is 276 g/mol. The number of likely N-dealkylation sites (N-methyl/N-ethyl adjacent to an activating group) is 1. The number of aliphatic hydroxyl groups excluding tert-OH is 1. The topological polar surface area (TPSA) is 43.8 Å². The second-order valence-corrected chi connectivity index (χ2v) is 5.61. The summed E-state index contributed by atoms with van der Waals surface area (Å²) in [5, 5.41) is 9.48. The molecule has 1 aromatic carbocycles. The third-order valence-electron chi connectivity index (χ3n) is 4.14. The van der Waals surface area contributed by atoms with Gasteiger partial charge in [0.1, 0.15) is 0 Å². The van der Waals surface area contributed by atoms with Crippen molar-refractivity contribution in [1.82, 2.24) is 9.80 Å². The minimum atomic E-state index is -0.236. The van der Waals surface area contributed by atoms with Gasteiger partial charge in [0.05, 0.1) is 12.6 Å². The molecule has 20 heavy (non-hydrogen) atoms. The summed E-state index contributed by atoms with van der Waals surface area (Å²) in [6.45, 7) is 3.88. The first-order valence-electron chi connectivity index (χ1n) is 7.29. The van der Waals surface area contributed by atoms with Crippen LogP contribution in [0.2, 0.25) is 0 Å². The van der Waals surface area contributed by atoms with Gasteiger partial charge in [-0.2, -0.15) is 0 Å². The summed E-state index contributed by atoms with van der Waals surface area (Å²) >= 11 is 0. The quantitative estimate of drug-likeness (QED) is 0.909. The fourth-order valence-corrected chi connectivity index (χ4v) is 2.55. The predicted molar refractivity (Wildman–Crippen MR) is 79.3 cm³/mol. The maximum absolute atomic E-state index is 12.3. The molecule has 1 aliphatic heterocycles. The summed E-state index contributed by atoms with van der Waals surface area (Å²) in [5.74, 6) is 0.155. The number of benzene rings is 1. The summed E-state index contributed by atoms with van der Waals surface area (Å²) < 4.78 is 0. The van der Waals surface area contributed by atoms with Crippen molar-refractivity contribution in [3.8, 4) is 0 Å². The third-order valence-corrected chi connectivity index (χ3v) is 4.14. The molecule has 0 aliphatic carbocycles. The third kappa shape index (κ3) is 3.81. The lowest BCUT2D eigenvalue weighted by atomic mass is 10.1. The second-order valence-electron chi connectivity index (χ2n) is 5.61. The summed E-state index contributed by atoms with van der Waals surface area (Å²) in [6.07, 6.45) is 1.16. The van der Waals surface area contributed by atoms with E-state index >= 15 is 0 Å². The van der Waals surface area contributed by atoms with Crippen LogP contribution >= 0.6 is 0 Å². The van der Waals surface area contributed by atoms with Gasteiger partial charge in [0.2, 0.25) is 5.91 Å². The van der Waals surface area contributed by atoms with E-state index in [0.717, 1.165) is 0 Å². The highest BCUT2D eigenvalue weighted by atomic mass is 16.3. The van der Waals surface area contributed by atoms with Crippen molar-refractivity contribution >= 4 is 5.91 Å². The molecule has 0 bridgehead atoms. The molecule has 2 rings (SSSR count). The Hall–Kier alpha value is -1.39. The molecule has 1 saturated heterocycles. The van der Waals surface area contributed by atoms with Gasteiger partial charge in [-0.1, -0.05) is 30.3 Å². The Kier molecular flexibility index (Phi) is 5.15. The van der Waals surface area contributed by atoms with Crippen LogP contribution in [0, 0.1) is 0 Å². The van der Waals surface area contributed by atoms with E-state index in [1.165, 1.54) is 5.56 Å². The van der Waals surface area contributed by atoms with Crippen LogP contribution in [0.1, 0.15) is 31.4 Å². The van der Waals surface area contributed by atoms with Crippen molar-refractivity contribution in [2.45, 2.75) is 31.9 Å². The van der Waals surface area contributed by atoms with E-state index in [1.54, 1.807) is 0 Å². The largest absolute Gasteiger partial charge is 0.393 e. The summed E-state index contributed by atoms with van der Waals surface area (Å²) in [6, 6.07) is 10.4. The zero-order valence-electron chi connectivity index (χ0n) is 12.3. The summed E-state index contributed by atoms with van der Waals surface area (Å²) in [5.41, 5.74) is 1.22. The van der Waals surface area contributed by atoms with Gasteiger partial charge < -0.3 is 10.0 Å². The van der Waals surface area contributed by atoms with Gasteiger partial charge in [0, 0.05) is 19.1 Å². The maximum atomic E-state index is 12.3. The lowest BCUT2D eigenvalue weighted by Gasteiger charge is -2.32. The number of likely N-dealkylation sites (tertiary alicyclic amines) is 1. The van der Waals surface area contributed by atoms with E-state index in [4.69, 9.17) is 0 Å². The van der Waals surface area contributed by atoms with E-state index in [0.29, 0.717) is 32.5 Å². The van der Waals surface area contributed by atoms with Crippen LogP contribution < -0.4 is 0 Å². The molecule has 4 nitrogen and oxygen atoms in total. The first-order valence-corrected chi connectivity index (χ1v) is 7.29. The standard InChI is InChI=1S/C16H24N2O2/c1-13(14-6-4-3-5-7-14)17(2)12-16(20)18-10-8-15(19)9-11-18/h3-7,13,15,19H,8-12H2,1-2H3. The SMILES string of the molecule is CC(c1ccccc1)N(C)CC(=O)N1CCC(O)CC1. The smallest absolute Gasteiger partial charge is 0.236 e. The highest BCUT2D eigenvalue weighted by Crippen LogP contribution is 2.18. The number of piperidine rings is 1. The molecule has 1 fully saturated rings. The van der Waals surface area contributed by atoms with Gasteiger partial charge in [0.25, 0.3) is 0 Å². The van der Waals surface area contributed by atoms with Crippen LogP contribution in [0.5, 0.6) is 0 Å². The number of rotatable bonds is 4. The molecule has 0 spiro atoms. The first-order chi connectivity index (χ1) is 9.58. The van der Waals surface area contributed by atoms with Crippen molar-refractivity contribution < 1.29 is 9.90 Å². The molecule has 0 radical (unpaired) electrons. The number of carbonyl (C=O) groups is 1. The lowest BCUT2D eigenvalue weighted by molar-refractivity contribution is -0.134. The van der Waals surface area contributed by atoms with Crippen molar-refractivity contribution in [2.75, 3.05) is 26.7 Å². The van der Waals surface area contributed by atoms with Crippen LogP contribution in [-0.2, 0) is 4.79 Å². The second kappa shape index (κ2) is 6.86. The van der Waals surface area contributed by atoms with Gasteiger partial charge in [-0.15, -0.1) is 0 Å². The van der Waals surface area contributed by atoms with Crippen molar-refractivity contribution in [3.63, 3.8) is 0 Å². The lowest BCUT2D eigenvalue weighted by Crippen LogP contribution is -2.44. The van der Waals surface area contributed by atoms with E-state index in [1.807, 2.05) is 30.1 Å². The van der Waals surface area contributed by atoms with Gasteiger partial charge in [-0.25, -0.2) is 0 Å². The Labute approximate surface area is 121 Å². The highest BCUT2D eigenvalue weighted by Gasteiger charge is 2.23. The molecule has 1 unspecified atom stereocenters. The number of carbonyl (C=O) groups excluding carboxylic acids is 1. The summed E-state index contributed by atoms with van der Waals surface area (Å²) in [4.78, 5) is 16.2. The molecule has 0 saturated carbocycles. The predicted octanol–water partition coefficient (Wildman–Crippen LogP) is 1.66. The van der Waals surface area contributed by atoms with E-state index < -0.39 is 0 Å². The van der Waals surface area contributed by atoms with Crippen molar-refractivity contribution in [3.05, 3.63) is 35.9 Å². The minimum absolute atomic E-state index is 0.155. The highest BCUT2D eigenvalue weighted by molar-refractivity contribution is 5.78. The number of aliphatic hydroxyl groups is 1. The Bertz CT molecular complexity index is 427. The number of hydrogen-bond acceptors (Lipinski definition) is 3. The Morgan fingerprint density at radius 3 is 2.55 bits per heavy atom. The van der Waals surface area contributed by atoms with Crippen LogP contribution in [0.15, 0.2) is 30.3 Å². The molecule has 110 valence electrons. The molecule has 1 N–H and O–H groups in total. The molecule has 1 amide bonds. The normalized spacial score (nSPS) is 18.3. The van der Waals surface area contributed by atoms with Gasteiger partial charge in [0.15, 0.2) is 0 Å². The zero-order chi connectivity index (χ0) is 14.5. The van der Waals surface area contributed by atoms with E-state index in [-0.39, 0.29) is 18.1 Å². The fraction of sp³-hybridized carbons (Fsp3) is 0.562. The molecule has 1 aromatic rings. The summed E-state index contributed by atoms with van der Waals surface area (Å²) in [7, 11) is 1.98. The van der Waals surface area contributed by atoms with E-state index in [2.05, 4.69) is 24.0 Å². The van der Waals surface area contributed by atoms with Crippen LogP contribution in [-0.4, -0.2) is 53.6 Å². The first kappa shape index (κ1) is 15.0. The Morgan fingerprint density at radius 2 is 1.95 bits per heavy atom. The van der Waals surface area contributed by atoms with Crippen LogP contribution in [0.25, 0.3) is 0 Å². The molecule has 4 heteroatoms. The molecule has 0 aromatic heterocycles. The van der Waals surface area contributed by atoms with E-state index in [9.17, 15) is 9.90 Å². The molecular weight excluding hydrogens is 252 g/mol. The molecule has 1 atom stereocenters. The fourth-order valence-electron chi connectivity index (χ4n) is 2.55. The number of hydrogen-bond donors (Lipinski definition) is 1. The molecular formula is C16H24N2O2. The van der Waals surface area contributed by atoms with Crippen molar-refractivity contribution in [2.24, 2.45) is 0 Å². The average Bonchev–Trinajstić information content (AvgIpc) is 2.48. The minimum Gasteiger partial charge on any atom is -0.393 e. The van der Waals surface area contributed by atoms with Gasteiger partial charge in [-0.05, 0) is 32.4 Å². The van der Waals surface area contributed by atoms with Crippen LogP contribution in [0.4, 0.5) is 0 Å². The zero-order valence-corrected chi connectivity index (χ0v) is 12.3. The maximum Gasteiger partial charge on any atom is 0.236 e. The molecule has 1 aliphatic rings. The Balaban J connectivity index is 1.87. The molecule has 1 heterocycles. The number of nitrogens with zero attached hydrogens (tertiary/aromatic N) is 2. The Morgan fingerprint density at radius 1 is 1.35 bits per heavy atom. The van der Waals surface area contributed by atoms with Gasteiger partial charge in [-0.3, -0.25) is 9.69 Å². The van der Waals surface area contributed by atoms with Crippen molar-refractivity contribution in [1.29, 1.82) is 0 Å². The van der Waals surface area contributed by atoms with Gasteiger partial charge >= 0.3 is 0 Å². The monoisotopic (exact) mass is 276 g/mol.